The van der Waals surface area contributed by atoms with E-state index in [1.807, 2.05) is 20.8 Å². The Kier molecular flexibility index (Phi) is 4.15. The van der Waals surface area contributed by atoms with Crippen LogP contribution in [0.3, 0.4) is 0 Å². The van der Waals surface area contributed by atoms with E-state index in [9.17, 15) is 14.9 Å². The zero-order valence-corrected chi connectivity index (χ0v) is 13.6. The van der Waals surface area contributed by atoms with Gasteiger partial charge >= 0.3 is 0 Å². The monoisotopic (exact) mass is 290 g/mol. The predicted molar refractivity (Wildman–Crippen MR) is 80.0 cm³/mol. The second-order valence-corrected chi connectivity index (χ2v) is 7.28. The first-order valence-electron chi connectivity index (χ1n) is 8.09. The number of imide groups is 1. The number of hydrogen-bond acceptors (Lipinski definition) is 3. The smallest absolute Gasteiger partial charge is 0.237 e. The van der Waals surface area contributed by atoms with Gasteiger partial charge in [0.2, 0.25) is 11.8 Å². The molecule has 2 amide bonds. The Morgan fingerprint density at radius 3 is 2.29 bits per heavy atom. The van der Waals surface area contributed by atoms with E-state index in [-0.39, 0.29) is 24.2 Å². The van der Waals surface area contributed by atoms with Crippen LogP contribution in [0.15, 0.2) is 0 Å². The Morgan fingerprint density at radius 2 is 1.90 bits per heavy atom. The number of amides is 2. The highest BCUT2D eigenvalue weighted by molar-refractivity contribution is 6.07. The number of nitriles is 1. The van der Waals surface area contributed by atoms with Gasteiger partial charge in [-0.15, -0.1) is 0 Å². The third kappa shape index (κ3) is 2.37. The molecule has 0 N–H and O–H groups in total. The summed E-state index contributed by atoms with van der Waals surface area (Å²) in [4.78, 5) is 26.7. The summed E-state index contributed by atoms with van der Waals surface area (Å²) in [6, 6.07) is 2.33. The standard InChI is InChI=1S/C17H26N2O2/c1-5-13-6-8-17(11-18,9-7-13)19-14(20)10-16(4,12(2)3)15(19)21/h12-13H,5-10H2,1-4H3. The maximum atomic E-state index is 12.8. The van der Waals surface area contributed by atoms with Gasteiger partial charge < -0.3 is 0 Å². The molecule has 0 spiro atoms. The first kappa shape index (κ1) is 16.0. The van der Waals surface area contributed by atoms with E-state index in [1.54, 1.807) is 0 Å². The Morgan fingerprint density at radius 1 is 1.33 bits per heavy atom. The molecule has 2 fully saturated rings. The van der Waals surface area contributed by atoms with Crippen molar-refractivity contribution in [2.45, 2.75) is 71.8 Å². The van der Waals surface area contributed by atoms with Crippen molar-refractivity contribution in [3.05, 3.63) is 0 Å². The minimum Gasteiger partial charge on any atom is -0.274 e. The summed E-state index contributed by atoms with van der Waals surface area (Å²) < 4.78 is 0. The van der Waals surface area contributed by atoms with Crippen molar-refractivity contribution in [1.29, 1.82) is 5.26 Å². The average molecular weight is 290 g/mol. The molecule has 0 radical (unpaired) electrons. The van der Waals surface area contributed by atoms with Crippen molar-refractivity contribution in [3.63, 3.8) is 0 Å². The van der Waals surface area contributed by atoms with Gasteiger partial charge in [0.15, 0.2) is 0 Å². The highest BCUT2D eigenvalue weighted by Gasteiger charge is 2.57. The fourth-order valence-electron chi connectivity index (χ4n) is 3.67. The van der Waals surface area contributed by atoms with Gasteiger partial charge in [0.05, 0.1) is 11.5 Å². The van der Waals surface area contributed by atoms with Crippen molar-refractivity contribution in [2.24, 2.45) is 17.3 Å². The van der Waals surface area contributed by atoms with Gasteiger partial charge in [0.25, 0.3) is 0 Å². The van der Waals surface area contributed by atoms with Crippen molar-refractivity contribution < 1.29 is 9.59 Å². The lowest BCUT2D eigenvalue weighted by Crippen LogP contribution is -2.54. The molecule has 2 aliphatic rings. The maximum Gasteiger partial charge on any atom is 0.237 e. The SMILES string of the molecule is CCC1CCC(C#N)(N2C(=O)CC(C)(C(C)C)C2=O)CC1. The molecule has 0 aromatic heterocycles. The van der Waals surface area contributed by atoms with Gasteiger partial charge in [0.1, 0.15) is 5.54 Å². The Bertz CT molecular complexity index is 484. The van der Waals surface area contributed by atoms with E-state index in [4.69, 9.17) is 0 Å². The lowest BCUT2D eigenvalue weighted by Gasteiger charge is -2.41. The van der Waals surface area contributed by atoms with Crippen LogP contribution in [-0.2, 0) is 9.59 Å². The number of carbonyl (C=O) groups excluding carboxylic acids is 2. The minimum atomic E-state index is -0.896. The van der Waals surface area contributed by atoms with Gasteiger partial charge in [-0.25, -0.2) is 0 Å². The summed E-state index contributed by atoms with van der Waals surface area (Å²) in [7, 11) is 0. The first-order chi connectivity index (χ1) is 9.80. The van der Waals surface area contributed by atoms with Gasteiger partial charge in [-0.3, -0.25) is 14.5 Å². The van der Waals surface area contributed by atoms with Crippen LogP contribution in [0, 0.1) is 28.6 Å². The Labute approximate surface area is 127 Å². The fraction of sp³-hybridized carbons (Fsp3) is 0.824. The van der Waals surface area contributed by atoms with E-state index in [0.717, 1.165) is 19.3 Å². The number of carbonyl (C=O) groups is 2. The molecule has 2 rings (SSSR count). The molecular formula is C17H26N2O2. The largest absolute Gasteiger partial charge is 0.274 e. The normalized spacial score (nSPS) is 37.1. The van der Waals surface area contributed by atoms with Crippen molar-refractivity contribution in [3.8, 4) is 6.07 Å². The van der Waals surface area contributed by atoms with E-state index in [2.05, 4.69) is 13.0 Å². The molecule has 0 aromatic rings. The van der Waals surface area contributed by atoms with Gasteiger partial charge in [-0.2, -0.15) is 5.26 Å². The van der Waals surface area contributed by atoms with Crippen molar-refractivity contribution in [1.82, 2.24) is 4.90 Å². The molecule has 21 heavy (non-hydrogen) atoms. The van der Waals surface area contributed by atoms with Crippen LogP contribution in [0.4, 0.5) is 0 Å². The number of nitrogens with zero attached hydrogens (tertiary/aromatic N) is 2. The molecule has 1 aliphatic carbocycles. The van der Waals surface area contributed by atoms with Crippen LogP contribution in [0.5, 0.6) is 0 Å². The molecule has 1 aliphatic heterocycles. The Hall–Kier alpha value is -1.37. The number of rotatable bonds is 3. The van der Waals surface area contributed by atoms with Gasteiger partial charge in [0, 0.05) is 6.42 Å². The van der Waals surface area contributed by atoms with Crippen LogP contribution in [-0.4, -0.2) is 22.3 Å². The highest BCUT2D eigenvalue weighted by Crippen LogP contribution is 2.46. The first-order valence-corrected chi connectivity index (χ1v) is 8.09. The number of hydrogen-bond donors (Lipinski definition) is 0. The van der Waals surface area contributed by atoms with Crippen LogP contribution >= 0.6 is 0 Å². The summed E-state index contributed by atoms with van der Waals surface area (Å²) in [6.45, 7) is 7.97. The van der Waals surface area contributed by atoms with Crippen molar-refractivity contribution in [2.75, 3.05) is 0 Å². The third-order valence-electron chi connectivity index (χ3n) is 5.88. The predicted octanol–water partition coefficient (Wildman–Crippen LogP) is 3.27. The molecule has 1 saturated carbocycles. The second-order valence-electron chi connectivity index (χ2n) is 7.28. The average Bonchev–Trinajstić information content (AvgIpc) is 2.70. The Balaban J connectivity index is 2.30. The van der Waals surface area contributed by atoms with Crippen molar-refractivity contribution >= 4 is 11.8 Å². The van der Waals surface area contributed by atoms with Crippen LogP contribution in [0.1, 0.15) is 66.2 Å². The molecule has 1 heterocycles. The van der Waals surface area contributed by atoms with Gasteiger partial charge in [-0.05, 0) is 44.4 Å². The third-order valence-corrected chi connectivity index (χ3v) is 5.88. The maximum absolute atomic E-state index is 12.8. The van der Waals surface area contributed by atoms with E-state index in [1.165, 1.54) is 4.90 Å². The fourth-order valence-corrected chi connectivity index (χ4v) is 3.67. The highest BCUT2D eigenvalue weighted by atomic mass is 16.2. The molecule has 0 aromatic carbocycles. The molecule has 4 nitrogen and oxygen atoms in total. The second kappa shape index (κ2) is 5.44. The molecule has 0 bridgehead atoms. The van der Waals surface area contributed by atoms with E-state index in [0.29, 0.717) is 18.8 Å². The van der Waals surface area contributed by atoms with Gasteiger partial charge in [-0.1, -0.05) is 27.2 Å². The van der Waals surface area contributed by atoms with Crippen LogP contribution < -0.4 is 0 Å². The quantitative estimate of drug-likeness (QED) is 0.749. The molecule has 1 unspecified atom stereocenters. The molecular weight excluding hydrogens is 264 g/mol. The minimum absolute atomic E-state index is 0.0988. The van der Waals surface area contributed by atoms with Crippen LogP contribution in [0.25, 0.3) is 0 Å². The zero-order valence-electron chi connectivity index (χ0n) is 13.6. The summed E-state index contributed by atoms with van der Waals surface area (Å²) in [5.41, 5.74) is -1.55. The topological polar surface area (TPSA) is 61.2 Å². The number of likely N-dealkylation sites (tertiary alicyclic amines) is 1. The molecule has 116 valence electrons. The molecule has 1 saturated heterocycles. The van der Waals surface area contributed by atoms with E-state index < -0.39 is 11.0 Å². The lowest BCUT2D eigenvalue weighted by atomic mass is 9.74. The zero-order chi connectivity index (χ0) is 15.8. The lowest BCUT2D eigenvalue weighted by molar-refractivity contribution is -0.148. The molecule has 1 atom stereocenters. The summed E-state index contributed by atoms with van der Waals surface area (Å²) >= 11 is 0. The summed E-state index contributed by atoms with van der Waals surface area (Å²) in [5, 5.41) is 9.71. The van der Waals surface area contributed by atoms with E-state index >= 15 is 0 Å². The van der Waals surface area contributed by atoms with Crippen LogP contribution in [0.2, 0.25) is 0 Å². The summed E-state index contributed by atoms with van der Waals surface area (Å²) in [6.07, 6.45) is 4.47. The molecule has 4 heteroatoms. The summed E-state index contributed by atoms with van der Waals surface area (Å²) in [5.74, 6) is 0.420.